The summed E-state index contributed by atoms with van der Waals surface area (Å²) in [6, 6.07) is 23.6. The molecule has 1 atom stereocenters. The van der Waals surface area contributed by atoms with Crippen molar-refractivity contribution in [3.05, 3.63) is 101 Å². The predicted octanol–water partition coefficient (Wildman–Crippen LogP) is 5.57. The van der Waals surface area contributed by atoms with Crippen LogP contribution in [0.25, 0.3) is 0 Å². The van der Waals surface area contributed by atoms with Crippen LogP contribution < -0.4 is 0 Å². The standard InChI is InChI=1S/C24H24O3/c1-16(18-12-13-22(25)21(15-18)23(26)27)17-8-7-11-20(14-17)24(2,3)19-9-5-4-6-10-19/h4-16,25H,1-3H3,(H,26,27). The summed E-state index contributed by atoms with van der Waals surface area (Å²) in [5.74, 6) is -1.33. The Morgan fingerprint density at radius 1 is 0.852 bits per heavy atom. The van der Waals surface area contributed by atoms with Crippen LogP contribution in [0, 0.1) is 0 Å². The van der Waals surface area contributed by atoms with Gasteiger partial charge in [0.25, 0.3) is 0 Å². The van der Waals surface area contributed by atoms with E-state index >= 15 is 0 Å². The quantitative estimate of drug-likeness (QED) is 0.625. The molecule has 27 heavy (non-hydrogen) atoms. The Labute approximate surface area is 159 Å². The van der Waals surface area contributed by atoms with Gasteiger partial charge in [0.15, 0.2) is 0 Å². The van der Waals surface area contributed by atoms with E-state index in [4.69, 9.17) is 0 Å². The van der Waals surface area contributed by atoms with Crippen LogP contribution in [0.5, 0.6) is 5.75 Å². The van der Waals surface area contributed by atoms with Gasteiger partial charge in [-0.15, -0.1) is 0 Å². The molecule has 2 N–H and O–H groups in total. The van der Waals surface area contributed by atoms with Crippen molar-refractivity contribution in [1.29, 1.82) is 0 Å². The molecule has 0 radical (unpaired) electrons. The maximum absolute atomic E-state index is 11.3. The van der Waals surface area contributed by atoms with Crippen molar-refractivity contribution in [3.8, 4) is 5.75 Å². The minimum atomic E-state index is -1.12. The highest BCUT2D eigenvalue weighted by molar-refractivity contribution is 5.91. The molecule has 0 saturated carbocycles. The smallest absolute Gasteiger partial charge is 0.339 e. The second-order valence-corrected chi connectivity index (χ2v) is 7.42. The van der Waals surface area contributed by atoms with E-state index in [9.17, 15) is 15.0 Å². The number of hydrogen-bond donors (Lipinski definition) is 2. The van der Waals surface area contributed by atoms with Gasteiger partial charge in [-0.2, -0.15) is 0 Å². The molecular formula is C24H24O3. The molecule has 3 aromatic rings. The Bertz CT molecular complexity index is 958. The number of carboxylic acids is 1. The molecule has 0 spiro atoms. The molecule has 3 rings (SSSR count). The third-order valence-corrected chi connectivity index (χ3v) is 5.35. The van der Waals surface area contributed by atoms with Crippen LogP contribution in [-0.2, 0) is 5.41 Å². The number of carbonyl (C=O) groups is 1. The topological polar surface area (TPSA) is 57.5 Å². The maximum atomic E-state index is 11.3. The summed E-state index contributed by atoms with van der Waals surface area (Å²) < 4.78 is 0. The van der Waals surface area contributed by atoms with Crippen LogP contribution in [0.4, 0.5) is 0 Å². The molecule has 0 aromatic heterocycles. The van der Waals surface area contributed by atoms with E-state index in [1.807, 2.05) is 31.2 Å². The summed E-state index contributed by atoms with van der Waals surface area (Å²) in [4.78, 5) is 11.3. The normalized spacial score (nSPS) is 12.6. The summed E-state index contributed by atoms with van der Waals surface area (Å²) in [7, 11) is 0. The molecule has 138 valence electrons. The van der Waals surface area contributed by atoms with Gasteiger partial charge >= 0.3 is 5.97 Å². The molecule has 0 aliphatic carbocycles. The van der Waals surface area contributed by atoms with Crippen molar-refractivity contribution < 1.29 is 15.0 Å². The number of aromatic hydroxyl groups is 1. The van der Waals surface area contributed by atoms with Crippen LogP contribution >= 0.6 is 0 Å². The van der Waals surface area contributed by atoms with E-state index in [1.165, 1.54) is 17.2 Å². The molecule has 3 aromatic carbocycles. The minimum Gasteiger partial charge on any atom is -0.507 e. The lowest BCUT2D eigenvalue weighted by Gasteiger charge is -2.27. The number of phenols is 1. The zero-order chi connectivity index (χ0) is 19.6. The third kappa shape index (κ3) is 3.72. The Balaban J connectivity index is 1.98. The molecule has 0 amide bonds. The van der Waals surface area contributed by atoms with Gasteiger partial charge in [0.2, 0.25) is 0 Å². The zero-order valence-corrected chi connectivity index (χ0v) is 15.8. The lowest BCUT2D eigenvalue weighted by atomic mass is 9.77. The summed E-state index contributed by atoms with van der Waals surface area (Å²) in [6.45, 7) is 6.46. The van der Waals surface area contributed by atoms with Crippen LogP contribution in [0.1, 0.15) is 59.3 Å². The number of benzene rings is 3. The molecule has 0 bridgehead atoms. The Morgan fingerprint density at radius 3 is 2.15 bits per heavy atom. The Morgan fingerprint density at radius 2 is 1.48 bits per heavy atom. The van der Waals surface area contributed by atoms with Crippen molar-refractivity contribution in [2.45, 2.75) is 32.1 Å². The van der Waals surface area contributed by atoms with Crippen molar-refractivity contribution in [2.24, 2.45) is 0 Å². The number of aromatic carboxylic acids is 1. The first-order valence-corrected chi connectivity index (χ1v) is 9.03. The molecule has 0 heterocycles. The van der Waals surface area contributed by atoms with Crippen molar-refractivity contribution in [2.75, 3.05) is 0 Å². The predicted molar refractivity (Wildman–Crippen MR) is 108 cm³/mol. The first-order valence-electron chi connectivity index (χ1n) is 9.03. The average Bonchev–Trinajstić information content (AvgIpc) is 2.68. The van der Waals surface area contributed by atoms with Gasteiger partial charge in [-0.3, -0.25) is 0 Å². The molecule has 1 unspecified atom stereocenters. The van der Waals surface area contributed by atoms with Gasteiger partial charge in [-0.25, -0.2) is 4.79 Å². The third-order valence-electron chi connectivity index (χ3n) is 5.35. The van der Waals surface area contributed by atoms with E-state index in [0.29, 0.717) is 0 Å². The monoisotopic (exact) mass is 360 g/mol. The minimum absolute atomic E-state index is 0.00947. The molecule has 0 aliphatic heterocycles. The molecule has 0 aliphatic rings. The summed E-state index contributed by atoms with van der Waals surface area (Å²) in [5.41, 5.74) is 4.21. The van der Waals surface area contributed by atoms with E-state index in [0.717, 1.165) is 11.1 Å². The number of hydrogen-bond acceptors (Lipinski definition) is 2. The highest BCUT2D eigenvalue weighted by Crippen LogP contribution is 2.34. The van der Waals surface area contributed by atoms with E-state index in [2.05, 4.69) is 44.2 Å². The van der Waals surface area contributed by atoms with Crippen LogP contribution in [0.15, 0.2) is 72.8 Å². The van der Waals surface area contributed by atoms with Gasteiger partial charge in [-0.1, -0.05) is 81.4 Å². The Kier molecular flexibility index (Phi) is 5.04. The Hall–Kier alpha value is -3.07. The largest absolute Gasteiger partial charge is 0.507 e. The maximum Gasteiger partial charge on any atom is 0.339 e. The highest BCUT2D eigenvalue weighted by atomic mass is 16.4. The van der Waals surface area contributed by atoms with E-state index in [1.54, 1.807) is 12.1 Å². The van der Waals surface area contributed by atoms with Gasteiger partial charge in [0.05, 0.1) is 0 Å². The molecule has 3 heteroatoms. The van der Waals surface area contributed by atoms with Crippen molar-refractivity contribution >= 4 is 5.97 Å². The van der Waals surface area contributed by atoms with Gasteiger partial charge < -0.3 is 10.2 Å². The summed E-state index contributed by atoms with van der Waals surface area (Å²) in [5, 5.41) is 19.0. The van der Waals surface area contributed by atoms with Crippen LogP contribution in [0.3, 0.4) is 0 Å². The first kappa shape index (κ1) is 18.7. The SMILES string of the molecule is CC(c1cccc(C(C)(C)c2ccccc2)c1)c1ccc(O)c(C(=O)O)c1. The van der Waals surface area contributed by atoms with Gasteiger partial charge in [0.1, 0.15) is 11.3 Å². The van der Waals surface area contributed by atoms with Crippen LogP contribution in [0.2, 0.25) is 0 Å². The lowest BCUT2D eigenvalue weighted by molar-refractivity contribution is 0.0693. The van der Waals surface area contributed by atoms with Gasteiger partial charge in [-0.05, 0) is 34.4 Å². The van der Waals surface area contributed by atoms with E-state index in [-0.39, 0.29) is 22.6 Å². The summed E-state index contributed by atoms with van der Waals surface area (Å²) >= 11 is 0. The van der Waals surface area contributed by atoms with E-state index < -0.39 is 5.97 Å². The van der Waals surface area contributed by atoms with Crippen molar-refractivity contribution in [1.82, 2.24) is 0 Å². The number of rotatable bonds is 5. The lowest BCUT2D eigenvalue weighted by Crippen LogP contribution is -2.19. The summed E-state index contributed by atoms with van der Waals surface area (Å²) in [6.07, 6.45) is 0. The zero-order valence-electron chi connectivity index (χ0n) is 15.8. The van der Waals surface area contributed by atoms with Gasteiger partial charge in [0, 0.05) is 11.3 Å². The highest BCUT2D eigenvalue weighted by Gasteiger charge is 2.24. The average molecular weight is 360 g/mol. The molecular weight excluding hydrogens is 336 g/mol. The van der Waals surface area contributed by atoms with Crippen LogP contribution in [-0.4, -0.2) is 16.2 Å². The second kappa shape index (κ2) is 7.28. The number of carboxylic acid groups (broad SMARTS) is 1. The molecule has 0 fully saturated rings. The fraction of sp³-hybridized carbons (Fsp3) is 0.208. The second-order valence-electron chi connectivity index (χ2n) is 7.42. The fourth-order valence-electron chi connectivity index (χ4n) is 3.40. The fourth-order valence-corrected chi connectivity index (χ4v) is 3.40. The van der Waals surface area contributed by atoms with Crippen molar-refractivity contribution in [3.63, 3.8) is 0 Å². The molecule has 0 saturated heterocycles. The first-order chi connectivity index (χ1) is 12.8. The molecule has 3 nitrogen and oxygen atoms in total.